The van der Waals surface area contributed by atoms with Crippen molar-refractivity contribution in [3.8, 4) is 0 Å². The Labute approximate surface area is 84.0 Å². The summed E-state index contributed by atoms with van der Waals surface area (Å²) in [5, 5.41) is 10.8. The van der Waals surface area contributed by atoms with E-state index in [2.05, 4.69) is 15.6 Å². The highest BCUT2D eigenvalue weighted by Crippen LogP contribution is 1.92. The van der Waals surface area contributed by atoms with Gasteiger partial charge in [0, 0.05) is 19.6 Å². The summed E-state index contributed by atoms with van der Waals surface area (Å²) in [6.45, 7) is 1.95. The van der Waals surface area contributed by atoms with Crippen LogP contribution in [0.1, 0.15) is 12.8 Å². The van der Waals surface area contributed by atoms with Crippen LogP contribution in [-0.4, -0.2) is 39.8 Å². The molecule has 0 atom stereocenters. The van der Waals surface area contributed by atoms with Gasteiger partial charge in [0.05, 0.1) is 5.75 Å². The van der Waals surface area contributed by atoms with Crippen molar-refractivity contribution in [3.05, 3.63) is 0 Å². The Bertz CT molecular complexity index is 299. The Kier molecular flexibility index (Phi) is 4.15. The molecule has 14 heavy (non-hydrogen) atoms. The van der Waals surface area contributed by atoms with Crippen LogP contribution < -0.4 is 15.8 Å². The minimum Gasteiger partial charge on any atom is -0.356 e. The van der Waals surface area contributed by atoms with Crippen molar-refractivity contribution in [1.82, 2.24) is 10.6 Å². The Morgan fingerprint density at radius 3 is 3.00 bits per heavy atom. The van der Waals surface area contributed by atoms with Gasteiger partial charge in [0.2, 0.25) is 10.0 Å². The lowest BCUT2D eigenvalue weighted by Crippen LogP contribution is -2.40. The predicted molar refractivity (Wildman–Crippen MR) is 55.5 cm³/mol. The van der Waals surface area contributed by atoms with Crippen LogP contribution >= 0.6 is 0 Å². The number of sulfonamides is 1. The van der Waals surface area contributed by atoms with Gasteiger partial charge in [-0.15, -0.1) is 0 Å². The smallest absolute Gasteiger partial charge is 0.210 e. The molecule has 0 aromatic heterocycles. The van der Waals surface area contributed by atoms with E-state index in [-0.39, 0.29) is 5.75 Å². The van der Waals surface area contributed by atoms with Gasteiger partial charge in [-0.3, -0.25) is 4.99 Å². The zero-order chi connectivity index (χ0) is 10.4. The number of primary sulfonamides is 1. The summed E-state index contributed by atoms with van der Waals surface area (Å²) in [6.07, 6.45) is 2.15. The molecule has 4 N–H and O–H groups in total. The van der Waals surface area contributed by atoms with Crippen molar-refractivity contribution in [2.75, 3.05) is 25.4 Å². The van der Waals surface area contributed by atoms with E-state index < -0.39 is 10.0 Å². The van der Waals surface area contributed by atoms with E-state index in [9.17, 15) is 8.42 Å². The highest BCUT2D eigenvalue weighted by molar-refractivity contribution is 7.89. The standard InChI is InChI=1S/C7H16N4O2S/c8-14(12,13)6-5-11-7-9-3-1-2-4-10-7/h1-6H2,(H2,8,12,13)(H2,9,10,11). The molecule has 1 aliphatic heterocycles. The lowest BCUT2D eigenvalue weighted by Gasteiger charge is -2.08. The molecule has 1 heterocycles. The van der Waals surface area contributed by atoms with Gasteiger partial charge in [-0.2, -0.15) is 0 Å². The molecule has 0 saturated heterocycles. The second kappa shape index (κ2) is 5.16. The molecule has 7 heteroatoms. The third-order valence-corrected chi connectivity index (χ3v) is 2.60. The molecule has 0 aromatic rings. The van der Waals surface area contributed by atoms with Crippen molar-refractivity contribution < 1.29 is 8.42 Å². The number of rotatable bonds is 3. The molecule has 0 fully saturated rings. The molecule has 0 bridgehead atoms. The fraction of sp³-hybridized carbons (Fsp3) is 0.857. The summed E-state index contributed by atoms with van der Waals surface area (Å²) in [7, 11) is -3.38. The normalized spacial score (nSPS) is 17.9. The molecule has 0 saturated carbocycles. The van der Waals surface area contributed by atoms with Gasteiger partial charge in [0.25, 0.3) is 0 Å². The first-order valence-corrected chi connectivity index (χ1v) is 6.32. The SMILES string of the molecule is NS(=O)(=O)CCNC1=NCCCCN1. The number of hydrogen-bond acceptors (Lipinski definition) is 5. The maximum Gasteiger partial charge on any atom is 0.210 e. The molecular weight excluding hydrogens is 204 g/mol. The number of aliphatic imine (C=N–C) groups is 1. The fourth-order valence-corrected chi connectivity index (χ4v) is 1.51. The van der Waals surface area contributed by atoms with Crippen molar-refractivity contribution in [1.29, 1.82) is 0 Å². The van der Waals surface area contributed by atoms with Crippen molar-refractivity contribution in [2.24, 2.45) is 10.1 Å². The highest BCUT2D eigenvalue weighted by Gasteiger charge is 2.05. The minimum atomic E-state index is -3.38. The maximum absolute atomic E-state index is 10.6. The summed E-state index contributed by atoms with van der Waals surface area (Å²) in [5.74, 6) is 0.597. The number of nitrogens with zero attached hydrogens (tertiary/aromatic N) is 1. The first-order chi connectivity index (χ1) is 6.58. The average molecular weight is 220 g/mol. The quantitative estimate of drug-likeness (QED) is 0.545. The summed E-state index contributed by atoms with van der Waals surface area (Å²) in [4.78, 5) is 4.20. The molecule has 1 rings (SSSR count). The predicted octanol–water partition coefficient (Wildman–Crippen LogP) is -1.40. The zero-order valence-electron chi connectivity index (χ0n) is 7.99. The van der Waals surface area contributed by atoms with Gasteiger partial charge >= 0.3 is 0 Å². The number of hydrogen-bond donors (Lipinski definition) is 3. The zero-order valence-corrected chi connectivity index (χ0v) is 8.81. The number of nitrogens with one attached hydrogen (secondary N) is 2. The number of nitrogens with two attached hydrogens (primary N) is 1. The Balaban J connectivity index is 2.26. The Hall–Kier alpha value is -0.820. The summed E-state index contributed by atoms with van der Waals surface area (Å²) in [5.41, 5.74) is 0. The van der Waals surface area contributed by atoms with Crippen molar-refractivity contribution >= 4 is 16.0 Å². The summed E-state index contributed by atoms with van der Waals surface area (Å²) < 4.78 is 21.2. The van der Waals surface area contributed by atoms with E-state index in [4.69, 9.17) is 5.14 Å². The van der Waals surface area contributed by atoms with Crippen LogP contribution in [0.15, 0.2) is 4.99 Å². The van der Waals surface area contributed by atoms with E-state index in [1.54, 1.807) is 0 Å². The van der Waals surface area contributed by atoms with Gasteiger partial charge < -0.3 is 10.6 Å². The molecule has 0 unspecified atom stereocenters. The molecule has 0 spiro atoms. The lowest BCUT2D eigenvalue weighted by molar-refractivity contribution is 0.596. The molecule has 0 radical (unpaired) electrons. The van der Waals surface area contributed by atoms with Crippen molar-refractivity contribution in [2.45, 2.75) is 12.8 Å². The second-order valence-electron chi connectivity index (χ2n) is 3.16. The Morgan fingerprint density at radius 2 is 2.29 bits per heavy atom. The van der Waals surface area contributed by atoms with Crippen LogP contribution in [0.25, 0.3) is 0 Å². The molecule has 0 aliphatic carbocycles. The van der Waals surface area contributed by atoms with Gasteiger partial charge in [-0.1, -0.05) is 0 Å². The average Bonchev–Trinajstić information content (AvgIpc) is 2.30. The van der Waals surface area contributed by atoms with E-state index >= 15 is 0 Å². The van der Waals surface area contributed by atoms with Crippen LogP contribution in [0, 0.1) is 0 Å². The highest BCUT2D eigenvalue weighted by atomic mass is 32.2. The monoisotopic (exact) mass is 220 g/mol. The molecular formula is C7H16N4O2S. The van der Waals surface area contributed by atoms with Gasteiger partial charge in [0.15, 0.2) is 5.96 Å². The fourth-order valence-electron chi connectivity index (χ4n) is 1.12. The summed E-state index contributed by atoms with van der Waals surface area (Å²) in [6, 6.07) is 0. The van der Waals surface area contributed by atoms with Gasteiger partial charge in [0.1, 0.15) is 0 Å². The van der Waals surface area contributed by atoms with E-state index in [0.717, 1.165) is 25.9 Å². The lowest BCUT2D eigenvalue weighted by atomic mass is 10.3. The third-order valence-electron chi connectivity index (χ3n) is 1.83. The van der Waals surface area contributed by atoms with Crippen LogP contribution in [0.4, 0.5) is 0 Å². The largest absolute Gasteiger partial charge is 0.356 e. The molecule has 1 aliphatic rings. The molecule has 0 amide bonds. The van der Waals surface area contributed by atoms with Gasteiger partial charge in [-0.05, 0) is 12.8 Å². The van der Waals surface area contributed by atoms with E-state index in [0.29, 0.717) is 12.5 Å². The third kappa shape index (κ3) is 5.03. The van der Waals surface area contributed by atoms with Crippen LogP contribution in [0.5, 0.6) is 0 Å². The van der Waals surface area contributed by atoms with E-state index in [1.165, 1.54) is 0 Å². The first-order valence-electron chi connectivity index (χ1n) is 4.60. The van der Waals surface area contributed by atoms with E-state index in [1.807, 2.05) is 0 Å². The molecule has 6 nitrogen and oxygen atoms in total. The molecule has 0 aromatic carbocycles. The summed E-state index contributed by atoms with van der Waals surface area (Å²) >= 11 is 0. The van der Waals surface area contributed by atoms with Crippen LogP contribution in [0.3, 0.4) is 0 Å². The van der Waals surface area contributed by atoms with Crippen LogP contribution in [-0.2, 0) is 10.0 Å². The van der Waals surface area contributed by atoms with Crippen molar-refractivity contribution in [3.63, 3.8) is 0 Å². The maximum atomic E-state index is 10.6. The van der Waals surface area contributed by atoms with Gasteiger partial charge in [-0.25, -0.2) is 13.6 Å². The second-order valence-corrected chi connectivity index (χ2v) is 4.89. The topological polar surface area (TPSA) is 96.6 Å². The Morgan fingerprint density at radius 1 is 1.50 bits per heavy atom. The van der Waals surface area contributed by atoms with Crippen LogP contribution in [0.2, 0.25) is 0 Å². The molecule has 82 valence electrons. The first kappa shape index (κ1) is 11.3. The number of guanidine groups is 1. The minimum absolute atomic E-state index is 0.0757.